The van der Waals surface area contributed by atoms with Crippen LogP contribution in [0, 0.1) is 0 Å². The number of hydrogen-bond acceptors (Lipinski definition) is 16. The summed E-state index contributed by atoms with van der Waals surface area (Å²) in [5.74, 6) is 3.51. The molecule has 4 heterocycles. The van der Waals surface area contributed by atoms with Crippen molar-refractivity contribution in [2.45, 2.75) is 91.9 Å². The van der Waals surface area contributed by atoms with Gasteiger partial charge in [-0.3, -0.25) is 9.59 Å². The van der Waals surface area contributed by atoms with Gasteiger partial charge in [-0.15, -0.1) is 47.0 Å². The maximum atomic E-state index is 12.0. The van der Waals surface area contributed by atoms with Crippen molar-refractivity contribution in [3.63, 3.8) is 0 Å². The van der Waals surface area contributed by atoms with Crippen LogP contribution in [-0.4, -0.2) is 48.2 Å². The van der Waals surface area contributed by atoms with Gasteiger partial charge in [0.05, 0.1) is 68.4 Å². The van der Waals surface area contributed by atoms with Gasteiger partial charge in [0.25, 0.3) is 0 Å². The Balaban J connectivity index is 1.34. The fourth-order valence-corrected chi connectivity index (χ4v) is 22.9. The van der Waals surface area contributed by atoms with Crippen molar-refractivity contribution < 1.29 is 19.1 Å². The molecule has 16 heteroatoms. The van der Waals surface area contributed by atoms with Crippen LogP contribution in [0.1, 0.15) is 91.9 Å². The molecule has 0 atom stereocenters. The van der Waals surface area contributed by atoms with E-state index in [1.165, 1.54) is 105 Å². The summed E-state index contributed by atoms with van der Waals surface area (Å²) in [5.41, 5.74) is 0. The lowest BCUT2D eigenvalue weighted by atomic mass is 10.2. The summed E-state index contributed by atoms with van der Waals surface area (Å²) < 4.78 is 24.2. The Bertz CT molecular complexity index is 1200. The topological polar surface area (TPSA) is 52.6 Å². The molecule has 0 radical (unpaired) electrons. The number of ether oxygens (including phenoxy) is 2. The Morgan fingerprint density at radius 1 is 0.438 bits per heavy atom. The van der Waals surface area contributed by atoms with Crippen LogP contribution in [-0.2, 0) is 19.1 Å². The van der Waals surface area contributed by atoms with Crippen LogP contribution in [0.4, 0.5) is 0 Å². The summed E-state index contributed by atoms with van der Waals surface area (Å²) in [7, 11) is 0. The minimum Gasteiger partial charge on any atom is -0.466 e. The summed E-state index contributed by atoms with van der Waals surface area (Å²) in [6.45, 7) is 9.07. The van der Waals surface area contributed by atoms with Gasteiger partial charge in [0.1, 0.15) is 0 Å². The summed E-state index contributed by atoms with van der Waals surface area (Å²) in [6.07, 6.45) is 11.3. The normalized spacial score (nSPS) is 17.9. The fourth-order valence-electron chi connectivity index (χ4n) is 4.13. The molecule has 4 nitrogen and oxygen atoms in total. The summed E-state index contributed by atoms with van der Waals surface area (Å²) in [4.78, 5) is 23.9. The van der Waals surface area contributed by atoms with Crippen molar-refractivity contribution >= 4 is 153 Å². The Morgan fingerprint density at radius 2 is 0.750 bits per heavy atom. The summed E-state index contributed by atoms with van der Waals surface area (Å²) in [5, 5.41) is 0. The molecule has 0 amide bonds. The predicted molar refractivity (Wildman–Crippen MR) is 236 cm³/mol. The van der Waals surface area contributed by atoms with Gasteiger partial charge in [-0.05, 0) is 38.2 Å². The Morgan fingerprint density at radius 3 is 1.06 bits per heavy atom. The molecule has 0 saturated heterocycles. The van der Waals surface area contributed by atoms with Crippen molar-refractivity contribution in [1.82, 2.24) is 0 Å². The highest BCUT2D eigenvalue weighted by Crippen LogP contribution is 2.73. The maximum absolute atomic E-state index is 12.0. The molecule has 0 unspecified atom stereocenters. The molecule has 4 rings (SSSR count). The number of hydrogen-bond donors (Lipinski definition) is 0. The third-order valence-electron chi connectivity index (χ3n) is 6.47. The molecule has 0 aromatic carbocycles. The van der Waals surface area contributed by atoms with Crippen LogP contribution < -0.4 is 0 Å². The number of esters is 2. The molecular weight excluding hydrogens is 833 g/mol. The van der Waals surface area contributed by atoms with Crippen LogP contribution in [0.5, 0.6) is 0 Å². The minimum atomic E-state index is -0.151. The summed E-state index contributed by atoms with van der Waals surface area (Å²) >= 11 is 23.0. The Kier molecular flexibility index (Phi) is 21.5. The number of carbonyl (C=O) groups excluding carboxylic acids is 2. The van der Waals surface area contributed by atoms with Crippen LogP contribution in [0.25, 0.3) is 0 Å². The lowest BCUT2D eigenvalue weighted by Crippen LogP contribution is -2.04. The zero-order valence-corrected chi connectivity index (χ0v) is 37.6. The van der Waals surface area contributed by atoms with Crippen LogP contribution in [0.2, 0.25) is 0 Å². The van der Waals surface area contributed by atoms with Gasteiger partial charge in [-0.1, -0.05) is 146 Å². The fraction of sp³-hybridized carbons (Fsp3) is 0.625. The molecule has 0 spiro atoms. The first-order valence-electron chi connectivity index (χ1n) is 16.4. The molecule has 48 heavy (non-hydrogen) atoms. The predicted octanol–water partition coefficient (Wildman–Crippen LogP) is 14.5. The van der Waals surface area contributed by atoms with Crippen LogP contribution >= 0.6 is 141 Å². The van der Waals surface area contributed by atoms with E-state index in [1.807, 2.05) is 108 Å². The quantitative estimate of drug-likeness (QED) is 0.0765. The van der Waals surface area contributed by atoms with E-state index < -0.39 is 0 Å². The van der Waals surface area contributed by atoms with Crippen molar-refractivity contribution in [2.24, 2.45) is 0 Å². The second kappa shape index (κ2) is 24.3. The molecule has 0 saturated carbocycles. The molecule has 0 bridgehead atoms. The standard InChI is InChI=1S/C32H44O4S12/c1-5-9-11-13-17-37-23-24(38-18-14-12-10-6-2)42-27(41-23)29-45-31-32(46-29)48-30(47-31)28-43-25(39-19-15-21(33)35-7-3)26(44-28)40-20-16-22(34)36-8-4/h5-20H2,1-4H3. The average molecular weight is 878 g/mol. The van der Waals surface area contributed by atoms with Gasteiger partial charge >= 0.3 is 11.9 Å². The number of thioether (sulfide) groups is 12. The molecule has 0 fully saturated rings. The van der Waals surface area contributed by atoms with Gasteiger partial charge in [-0.25, -0.2) is 0 Å². The minimum absolute atomic E-state index is 0.151. The molecule has 0 N–H and O–H groups in total. The second-order valence-electron chi connectivity index (χ2n) is 10.3. The third kappa shape index (κ3) is 14.2. The first-order chi connectivity index (χ1) is 23.4. The third-order valence-corrected chi connectivity index (χ3v) is 24.4. The molecule has 4 aliphatic heterocycles. The molecule has 0 aliphatic carbocycles. The van der Waals surface area contributed by atoms with E-state index in [4.69, 9.17) is 9.47 Å². The lowest BCUT2D eigenvalue weighted by molar-refractivity contribution is -0.143. The van der Waals surface area contributed by atoms with Crippen molar-refractivity contribution in [1.29, 1.82) is 0 Å². The first kappa shape index (κ1) is 42.6. The Labute approximate surface area is 339 Å². The second-order valence-corrected chi connectivity index (χ2v) is 25.5. The van der Waals surface area contributed by atoms with Gasteiger partial charge in [0, 0.05) is 11.5 Å². The van der Waals surface area contributed by atoms with Crippen molar-refractivity contribution in [2.75, 3.05) is 36.2 Å². The smallest absolute Gasteiger partial charge is 0.306 e. The van der Waals surface area contributed by atoms with E-state index in [-0.39, 0.29) is 11.9 Å². The first-order valence-corrected chi connectivity index (χ1v) is 26.9. The van der Waals surface area contributed by atoms with Gasteiger partial charge in [0.2, 0.25) is 0 Å². The van der Waals surface area contributed by atoms with Crippen LogP contribution in [0.3, 0.4) is 0 Å². The van der Waals surface area contributed by atoms with E-state index >= 15 is 0 Å². The van der Waals surface area contributed by atoms with E-state index in [0.29, 0.717) is 37.6 Å². The van der Waals surface area contributed by atoms with Gasteiger partial charge in [0.15, 0.2) is 0 Å². The number of unbranched alkanes of at least 4 members (excludes halogenated alkanes) is 6. The average Bonchev–Trinajstić information content (AvgIpc) is 3.84. The monoisotopic (exact) mass is 876 g/mol. The molecule has 0 aromatic heterocycles. The Hall–Kier alpha value is 1.84. The highest BCUT2D eigenvalue weighted by Gasteiger charge is 2.37. The van der Waals surface area contributed by atoms with E-state index in [2.05, 4.69) is 37.4 Å². The highest BCUT2D eigenvalue weighted by molar-refractivity contribution is 8.51. The van der Waals surface area contributed by atoms with Crippen LogP contribution in [0.15, 0.2) is 42.4 Å². The van der Waals surface area contributed by atoms with Crippen molar-refractivity contribution in [3.8, 4) is 0 Å². The van der Waals surface area contributed by atoms with Crippen molar-refractivity contribution in [3.05, 3.63) is 42.4 Å². The SMILES string of the molecule is CCCCCCSC1=C(SCCCCCC)SC(=C2SC3=C(S2)SC(=C2SC(SCCC(=O)OCC)=C(SCCC(=O)OCC)S2)S3)S1. The molecule has 0 aromatic rings. The van der Waals surface area contributed by atoms with Gasteiger partial charge < -0.3 is 9.47 Å². The van der Waals surface area contributed by atoms with E-state index in [0.717, 1.165) is 0 Å². The lowest BCUT2D eigenvalue weighted by Gasteiger charge is -2.07. The largest absolute Gasteiger partial charge is 0.466 e. The molecular formula is C32H44O4S12. The molecule has 268 valence electrons. The summed E-state index contributed by atoms with van der Waals surface area (Å²) in [6, 6.07) is 0. The highest BCUT2D eigenvalue weighted by atomic mass is 32.3. The zero-order chi connectivity index (χ0) is 34.1. The van der Waals surface area contributed by atoms with Gasteiger partial charge in [-0.2, -0.15) is 0 Å². The van der Waals surface area contributed by atoms with E-state index in [1.54, 1.807) is 23.5 Å². The number of carbonyl (C=O) groups is 2. The number of rotatable bonds is 22. The van der Waals surface area contributed by atoms with E-state index in [9.17, 15) is 9.59 Å². The zero-order valence-electron chi connectivity index (χ0n) is 27.8. The maximum Gasteiger partial charge on any atom is 0.306 e. The molecule has 4 aliphatic rings.